The van der Waals surface area contributed by atoms with Crippen LogP contribution >= 0.6 is 11.3 Å². The summed E-state index contributed by atoms with van der Waals surface area (Å²) in [7, 11) is 0. The molecule has 3 aromatic rings. The van der Waals surface area contributed by atoms with Gasteiger partial charge in [-0.1, -0.05) is 6.07 Å². The van der Waals surface area contributed by atoms with Crippen LogP contribution in [0.3, 0.4) is 0 Å². The van der Waals surface area contributed by atoms with Crippen LogP contribution in [0, 0.1) is 6.92 Å². The lowest BCUT2D eigenvalue weighted by Crippen LogP contribution is -2.45. The zero-order valence-corrected chi connectivity index (χ0v) is 15.5. The number of amides is 2. The second-order valence-corrected chi connectivity index (χ2v) is 7.01. The minimum Gasteiger partial charge on any atom is -0.265 e. The SMILES string of the molecule is Cc1cccc(C(=O)N2CCCN2C(=O)c2csc(-c3cccnc3)n2)n1. The van der Waals surface area contributed by atoms with Crippen molar-refractivity contribution in [1.29, 1.82) is 0 Å². The standard InChI is InChI=1S/C19H17N5O2S/c1-13-5-2-7-15(21-13)18(25)23-9-4-10-24(23)19(26)16-12-27-17(22-16)14-6-3-8-20-11-14/h2-3,5-8,11-12H,4,9-10H2,1H3. The van der Waals surface area contributed by atoms with E-state index in [1.165, 1.54) is 21.4 Å². The summed E-state index contributed by atoms with van der Waals surface area (Å²) in [5, 5.41) is 5.38. The first-order valence-corrected chi connectivity index (χ1v) is 9.44. The monoisotopic (exact) mass is 379 g/mol. The highest BCUT2D eigenvalue weighted by Gasteiger charge is 2.33. The third-order valence-corrected chi connectivity index (χ3v) is 5.13. The maximum Gasteiger partial charge on any atom is 0.291 e. The molecule has 0 bridgehead atoms. The van der Waals surface area contributed by atoms with E-state index in [0.29, 0.717) is 24.5 Å². The summed E-state index contributed by atoms with van der Waals surface area (Å²) in [6.07, 6.45) is 4.13. The van der Waals surface area contributed by atoms with Crippen LogP contribution in [-0.2, 0) is 0 Å². The van der Waals surface area contributed by atoms with E-state index < -0.39 is 0 Å². The molecule has 1 saturated heterocycles. The Morgan fingerprint density at radius 3 is 2.48 bits per heavy atom. The molecule has 1 aliphatic rings. The first-order chi connectivity index (χ1) is 13.1. The smallest absolute Gasteiger partial charge is 0.265 e. The van der Waals surface area contributed by atoms with Gasteiger partial charge in [0.1, 0.15) is 16.4 Å². The van der Waals surface area contributed by atoms with Crippen molar-refractivity contribution in [1.82, 2.24) is 25.0 Å². The topological polar surface area (TPSA) is 79.3 Å². The van der Waals surface area contributed by atoms with Crippen molar-refractivity contribution in [3.63, 3.8) is 0 Å². The Labute approximate surface area is 160 Å². The summed E-state index contributed by atoms with van der Waals surface area (Å²) in [5.74, 6) is -0.549. The number of carbonyl (C=O) groups excluding carboxylic acids is 2. The van der Waals surface area contributed by atoms with E-state index in [2.05, 4.69) is 15.0 Å². The van der Waals surface area contributed by atoms with E-state index in [9.17, 15) is 9.59 Å². The molecule has 1 fully saturated rings. The molecule has 2 amide bonds. The van der Waals surface area contributed by atoms with Crippen LogP contribution in [-0.4, -0.2) is 49.9 Å². The lowest BCUT2D eigenvalue weighted by molar-refractivity contribution is 0.0179. The molecule has 0 unspecified atom stereocenters. The number of aromatic nitrogens is 3. The summed E-state index contributed by atoms with van der Waals surface area (Å²) in [5.41, 5.74) is 2.29. The molecule has 0 aromatic carbocycles. The lowest BCUT2D eigenvalue weighted by atomic mass is 10.3. The number of carbonyl (C=O) groups is 2. The summed E-state index contributed by atoms with van der Waals surface area (Å²) in [6.45, 7) is 2.80. The van der Waals surface area contributed by atoms with Crippen molar-refractivity contribution in [2.24, 2.45) is 0 Å². The van der Waals surface area contributed by atoms with Gasteiger partial charge in [0.25, 0.3) is 11.8 Å². The number of aryl methyl sites for hydroxylation is 1. The number of nitrogens with zero attached hydrogens (tertiary/aromatic N) is 5. The van der Waals surface area contributed by atoms with Gasteiger partial charge in [-0.3, -0.25) is 14.6 Å². The van der Waals surface area contributed by atoms with Gasteiger partial charge >= 0.3 is 0 Å². The average molecular weight is 379 g/mol. The third kappa shape index (κ3) is 3.43. The number of hydrogen-bond acceptors (Lipinski definition) is 6. The largest absolute Gasteiger partial charge is 0.291 e. The second kappa shape index (κ2) is 7.24. The Hall–Kier alpha value is -3.13. The summed E-state index contributed by atoms with van der Waals surface area (Å²) < 4.78 is 0. The normalized spacial score (nSPS) is 13.8. The van der Waals surface area contributed by atoms with E-state index in [4.69, 9.17) is 0 Å². The van der Waals surface area contributed by atoms with Gasteiger partial charge in [-0.25, -0.2) is 20.0 Å². The number of hydrazine groups is 1. The van der Waals surface area contributed by atoms with Crippen LogP contribution < -0.4 is 0 Å². The quantitative estimate of drug-likeness (QED) is 0.699. The number of rotatable bonds is 3. The first-order valence-electron chi connectivity index (χ1n) is 8.57. The van der Waals surface area contributed by atoms with E-state index >= 15 is 0 Å². The van der Waals surface area contributed by atoms with Crippen LogP contribution in [0.4, 0.5) is 0 Å². The molecule has 3 aromatic heterocycles. The maximum atomic E-state index is 12.9. The fourth-order valence-corrected chi connectivity index (χ4v) is 3.74. The predicted octanol–water partition coefficient (Wildman–Crippen LogP) is 2.81. The summed E-state index contributed by atoms with van der Waals surface area (Å²) >= 11 is 1.38. The Kier molecular flexibility index (Phi) is 4.64. The minimum absolute atomic E-state index is 0.271. The van der Waals surface area contributed by atoms with Crippen LogP contribution in [0.25, 0.3) is 10.6 Å². The number of hydrogen-bond donors (Lipinski definition) is 0. The molecule has 8 heteroatoms. The molecule has 4 rings (SSSR count). The van der Waals surface area contributed by atoms with Gasteiger partial charge in [0, 0.05) is 42.1 Å². The Morgan fingerprint density at radius 2 is 1.78 bits per heavy atom. The molecule has 0 N–H and O–H groups in total. The summed E-state index contributed by atoms with van der Waals surface area (Å²) in [6, 6.07) is 9.01. The van der Waals surface area contributed by atoms with Gasteiger partial charge in [-0.15, -0.1) is 11.3 Å². The zero-order valence-electron chi connectivity index (χ0n) is 14.7. The van der Waals surface area contributed by atoms with Gasteiger partial charge < -0.3 is 0 Å². The highest BCUT2D eigenvalue weighted by molar-refractivity contribution is 7.13. The fraction of sp³-hybridized carbons (Fsp3) is 0.211. The van der Waals surface area contributed by atoms with E-state index in [1.54, 1.807) is 29.9 Å². The van der Waals surface area contributed by atoms with Gasteiger partial charge in [0.15, 0.2) is 0 Å². The molecule has 0 spiro atoms. The molecule has 1 aliphatic heterocycles. The van der Waals surface area contributed by atoms with Crippen molar-refractivity contribution in [2.75, 3.05) is 13.1 Å². The molecular weight excluding hydrogens is 362 g/mol. The zero-order chi connectivity index (χ0) is 18.8. The van der Waals surface area contributed by atoms with Crippen molar-refractivity contribution in [3.8, 4) is 10.6 Å². The molecule has 0 aliphatic carbocycles. The Balaban J connectivity index is 1.56. The van der Waals surface area contributed by atoms with Crippen molar-refractivity contribution >= 4 is 23.2 Å². The molecule has 7 nitrogen and oxygen atoms in total. The molecule has 4 heterocycles. The van der Waals surface area contributed by atoms with Crippen LogP contribution in [0.1, 0.15) is 33.1 Å². The van der Waals surface area contributed by atoms with E-state index in [0.717, 1.165) is 22.7 Å². The maximum absolute atomic E-state index is 12.9. The van der Waals surface area contributed by atoms with E-state index in [1.807, 2.05) is 25.1 Å². The van der Waals surface area contributed by atoms with Crippen molar-refractivity contribution in [3.05, 3.63) is 65.2 Å². The highest BCUT2D eigenvalue weighted by atomic mass is 32.1. The minimum atomic E-state index is -0.278. The average Bonchev–Trinajstić information content (AvgIpc) is 3.37. The van der Waals surface area contributed by atoms with Crippen molar-refractivity contribution < 1.29 is 9.59 Å². The van der Waals surface area contributed by atoms with Gasteiger partial charge in [0.05, 0.1) is 0 Å². The van der Waals surface area contributed by atoms with E-state index in [-0.39, 0.29) is 11.8 Å². The number of thiazole rings is 1. The van der Waals surface area contributed by atoms with Crippen LogP contribution in [0.2, 0.25) is 0 Å². The molecule has 136 valence electrons. The molecule has 27 heavy (non-hydrogen) atoms. The van der Waals surface area contributed by atoms with Gasteiger partial charge in [-0.2, -0.15) is 0 Å². The molecule has 0 saturated carbocycles. The predicted molar refractivity (Wildman–Crippen MR) is 101 cm³/mol. The van der Waals surface area contributed by atoms with Crippen molar-refractivity contribution in [2.45, 2.75) is 13.3 Å². The highest BCUT2D eigenvalue weighted by Crippen LogP contribution is 2.25. The van der Waals surface area contributed by atoms with Crippen LogP contribution in [0.15, 0.2) is 48.1 Å². The molecular formula is C19H17N5O2S. The Morgan fingerprint density at radius 1 is 1.00 bits per heavy atom. The lowest BCUT2D eigenvalue weighted by Gasteiger charge is -2.27. The number of pyridine rings is 2. The summed E-state index contributed by atoms with van der Waals surface area (Å²) in [4.78, 5) is 38.6. The van der Waals surface area contributed by atoms with Gasteiger partial charge in [-0.05, 0) is 37.6 Å². The third-order valence-electron chi connectivity index (χ3n) is 4.24. The molecule has 0 radical (unpaired) electrons. The first kappa shape index (κ1) is 17.3. The van der Waals surface area contributed by atoms with Crippen LogP contribution in [0.5, 0.6) is 0 Å². The van der Waals surface area contributed by atoms with Gasteiger partial charge in [0.2, 0.25) is 0 Å². The molecule has 0 atom stereocenters. The fourth-order valence-electron chi connectivity index (χ4n) is 2.95. The second-order valence-electron chi connectivity index (χ2n) is 6.15. The Bertz CT molecular complexity index is 989.